The van der Waals surface area contributed by atoms with Gasteiger partial charge in [0.15, 0.2) is 5.76 Å². The van der Waals surface area contributed by atoms with Crippen LogP contribution in [0.5, 0.6) is 0 Å². The first-order valence-corrected chi connectivity index (χ1v) is 8.45. The number of likely N-dealkylation sites (tertiary alicyclic amines) is 1. The Morgan fingerprint density at radius 1 is 1.38 bits per heavy atom. The Balaban J connectivity index is 1.57. The molecule has 0 aromatic carbocycles. The molecular formula is C17H28N2O2. The lowest BCUT2D eigenvalue weighted by molar-refractivity contribution is -0.0537. The van der Waals surface area contributed by atoms with Gasteiger partial charge in [0.2, 0.25) is 0 Å². The minimum atomic E-state index is -0.523. The summed E-state index contributed by atoms with van der Waals surface area (Å²) in [7, 11) is 0. The third-order valence-electron chi connectivity index (χ3n) is 5.51. The van der Waals surface area contributed by atoms with Crippen LogP contribution in [0.15, 0.2) is 10.6 Å². The number of piperidine rings is 1. The Bertz CT molecular complexity index is 463. The molecule has 2 fully saturated rings. The van der Waals surface area contributed by atoms with Crippen molar-refractivity contribution in [1.82, 2.24) is 10.1 Å². The number of nitrogens with zero attached hydrogens (tertiary/aromatic N) is 2. The fourth-order valence-corrected chi connectivity index (χ4v) is 3.66. The highest BCUT2D eigenvalue weighted by molar-refractivity contribution is 5.11. The van der Waals surface area contributed by atoms with Crippen LogP contribution in [0.3, 0.4) is 0 Å². The lowest BCUT2D eigenvalue weighted by Crippen LogP contribution is -2.48. The van der Waals surface area contributed by atoms with Crippen LogP contribution in [0, 0.1) is 5.92 Å². The molecule has 1 aromatic rings. The highest BCUT2D eigenvalue weighted by atomic mass is 16.5. The van der Waals surface area contributed by atoms with E-state index < -0.39 is 5.60 Å². The summed E-state index contributed by atoms with van der Waals surface area (Å²) in [5.74, 6) is 1.88. The molecule has 0 unspecified atom stereocenters. The smallest absolute Gasteiger partial charge is 0.150 e. The van der Waals surface area contributed by atoms with Gasteiger partial charge in [0.1, 0.15) is 0 Å². The van der Waals surface area contributed by atoms with E-state index in [1.807, 2.05) is 6.92 Å². The minimum Gasteiger partial charge on any atom is -0.390 e. The lowest BCUT2D eigenvalue weighted by atomic mass is 9.84. The molecule has 2 heterocycles. The van der Waals surface area contributed by atoms with Crippen LogP contribution in [-0.2, 0) is 6.54 Å². The van der Waals surface area contributed by atoms with E-state index in [4.69, 9.17) is 4.52 Å². The summed E-state index contributed by atoms with van der Waals surface area (Å²) in [6, 6.07) is 2.16. The molecule has 1 aliphatic heterocycles. The zero-order valence-electron chi connectivity index (χ0n) is 13.3. The predicted octanol–water partition coefficient (Wildman–Crippen LogP) is 3.32. The van der Waals surface area contributed by atoms with E-state index in [9.17, 15) is 5.11 Å². The van der Waals surface area contributed by atoms with Crippen molar-refractivity contribution >= 4 is 0 Å². The first kappa shape index (κ1) is 15.0. The monoisotopic (exact) mass is 292 g/mol. The second kappa shape index (κ2) is 6.09. The predicted molar refractivity (Wildman–Crippen MR) is 82.0 cm³/mol. The summed E-state index contributed by atoms with van der Waals surface area (Å²) >= 11 is 0. The molecule has 21 heavy (non-hydrogen) atoms. The first-order chi connectivity index (χ1) is 10.0. The number of aliphatic hydroxyl groups is 1. The van der Waals surface area contributed by atoms with Crippen molar-refractivity contribution in [2.24, 2.45) is 5.92 Å². The molecule has 0 amide bonds. The number of rotatable bonds is 3. The van der Waals surface area contributed by atoms with Crippen molar-refractivity contribution < 1.29 is 9.63 Å². The van der Waals surface area contributed by atoms with Crippen LogP contribution >= 0.6 is 0 Å². The Kier molecular flexibility index (Phi) is 4.36. The highest BCUT2D eigenvalue weighted by Crippen LogP contribution is 2.33. The second-order valence-corrected chi connectivity index (χ2v) is 7.30. The normalized spacial score (nSPS) is 32.4. The van der Waals surface area contributed by atoms with E-state index >= 15 is 0 Å². The maximum Gasteiger partial charge on any atom is 0.150 e. The van der Waals surface area contributed by atoms with Crippen molar-refractivity contribution in [1.29, 1.82) is 0 Å². The summed E-state index contributed by atoms with van der Waals surface area (Å²) < 4.78 is 5.55. The topological polar surface area (TPSA) is 49.5 Å². The molecule has 4 heteroatoms. The number of hydrogen-bond acceptors (Lipinski definition) is 4. The molecule has 3 rings (SSSR count). The second-order valence-electron chi connectivity index (χ2n) is 7.30. The first-order valence-electron chi connectivity index (χ1n) is 8.45. The van der Waals surface area contributed by atoms with Crippen molar-refractivity contribution in [3.63, 3.8) is 0 Å². The summed E-state index contributed by atoms with van der Waals surface area (Å²) in [6.07, 6.45) is 7.37. The molecule has 0 spiro atoms. The van der Waals surface area contributed by atoms with Crippen LogP contribution in [0.25, 0.3) is 0 Å². The van der Waals surface area contributed by atoms with Gasteiger partial charge in [0.25, 0.3) is 0 Å². The van der Waals surface area contributed by atoms with Crippen LogP contribution in [0.1, 0.15) is 69.7 Å². The van der Waals surface area contributed by atoms with Crippen molar-refractivity contribution in [2.75, 3.05) is 13.1 Å². The van der Waals surface area contributed by atoms with Gasteiger partial charge >= 0.3 is 0 Å². The Labute approximate surface area is 127 Å². The van der Waals surface area contributed by atoms with Gasteiger partial charge in [-0.05, 0) is 32.1 Å². The van der Waals surface area contributed by atoms with Crippen molar-refractivity contribution in [2.45, 2.75) is 70.4 Å². The highest BCUT2D eigenvalue weighted by Gasteiger charge is 2.34. The third kappa shape index (κ3) is 3.49. The van der Waals surface area contributed by atoms with Crippen molar-refractivity contribution in [3.8, 4) is 0 Å². The Morgan fingerprint density at radius 3 is 2.86 bits per heavy atom. The molecule has 118 valence electrons. The van der Waals surface area contributed by atoms with E-state index in [0.717, 1.165) is 37.5 Å². The van der Waals surface area contributed by atoms with Gasteiger partial charge in [-0.3, -0.25) is 4.90 Å². The van der Waals surface area contributed by atoms with Gasteiger partial charge in [-0.25, -0.2) is 0 Å². The van der Waals surface area contributed by atoms with Crippen LogP contribution in [0.4, 0.5) is 0 Å². The van der Waals surface area contributed by atoms with Gasteiger partial charge in [0, 0.05) is 25.1 Å². The summed E-state index contributed by atoms with van der Waals surface area (Å²) in [5, 5.41) is 14.5. The zero-order chi connectivity index (χ0) is 14.9. The summed E-state index contributed by atoms with van der Waals surface area (Å²) in [5.41, 5.74) is 0.632. The van der Waals surface area contributed by atoms with E-state index in [2.05, 4.69) is 23.0 Å². The quantitative estimate of drug-likeness (QED) is 0.928. The standard InChI is InChI=1S/C17H28N2O2/c1-13-11-19(9-8-17(13,2)20)12-15-10-16(18-21-15)14-6-4-3-5-7-14/h10,13-14,20H,3-9,11-12H2,1-2H3/t13-,17+/m1/s1. The van der Waals surface area contributed by atoms with E-state index in [1.165, 1.54) is 32.1 Å². The molecule has 1 aromatic heterocycles. The molecule has 1 aliphatic carbocycles. The molecule has 2 atom stereocenters. The Hall–Kier alpha value is -0.870. The molecule has 2 aliphatic rings. The molecule has 0 bridgehead atoms. The zero-order valence-corrected chi connectivity index (χ0v) is 13.3. The van der Waals surface area contributed by atoms with Gasteiger partial charge in [-0.1, -0.05) is 31.3 Å². The summed E-state index contributed by atoms with van der Waals surface area (Å²) in [4.78, 5) is 2.37. The molecular weight excluding hydrogens is 264 g/mol. The van der Waals surface area contributed by atoms with Gasteiger partial charge in [-0.15, -0.1) is 0 Å². The van der Waals surface area contributed by atoms with Gasteiger partial charge in [0.05, 0.1) is 17.8 Å². The maximum absolute atomic E-state index is 10.2. The minimum absolute atomic E-state index is 0.298. The molecule has 1 saturated carbocycles. The van der Waals surface area contributed by atoms with E-state index in [0.29, 0.717) is 11.8 Å². The molecule has 4 nitrogen and oxygen atoms in total. The SMILES string of the molecule is C[C@@H]1CN(Cc2cc(C3CCCCC3)no2)CC[C@]1(C)O. The van der Waals surface area contributed by atoms with E-state index in [1.54, 1.807) is 0 Å². The maximum atomic E-state index is 10.2. The lowest BCUT2D eigenvalue weighted by Gasteiger charge is -2.40. The summed E-state index contributed by atoms with van der Waals surface area (Å²) in [6.45, 7) is 6.74. The fourth-order valence-electron chi connectivity index (χ4n) is 3.66. The molecule has 1 N–H and O–H groups in total. The van der Waals surface area contributed by atoms with Crippen molar-refractivity contribution in [3.05, 3.63) is 17.5 Å². The largest absolute Gasteiger partial charge is 0.390 e. The number of hydrogen-bond donors (Lipinski definition) is 1. The van der Waals surface area contributed by atoms with Crippen LogP contribution < -0.4 is 0 Å². The third-order valence-corrected chi connectivity index (χ3v) is 5.51. The van der Waals surface area contributed by atoms with Crippen LogP contribution in [0.2, 0.25) is 0 Å². The fraction of sp³-hybridized carbons (Fsp3) is 0.824. The van der Waals surface area contributed by atoms with E-state index in [-0.39, 0.29) is 0 Å². The number of aromatic nitrogens is 1. The van der Waals surface area contributed by atoms with Gasteiger partial charge in [-0.2, -0.15) is 0 Å². The Morgan fingerprint density at radius 2 is 2.14 bits per heavy atom. The molecule has 1 saturated heterocycles. The average molecular weight is 292 g/mol. The molecule has 0 radical (unpaired) electrons. The van der Waals surface area contributed by atoms with Gasteiger partial charge < -0.3 is 9.63 Å². The van der Waals surface area contributed by atoms with Crippen LogP contribution in [-0.4, -0.2) is 33.9 Å². The average Bonchev–Trinajstić information content (AvgIpc) is 2.93.